The Morgan fingerprint density at radius 2 is 1.70 bits per heavy atom. The van der Waals surface area contributed by atoms with Crippen LogP contribution in [0.25, 0.3) is 0 Å². The van der Waals surface area contributed by atoms with Crippen LogP contribution in [0.15, 0.2) is 0 Å². The van der Waals surface area contributed by atoms with Crippen molar-refractivity contribution in [3.05, 3.63) is 0 Å². The monoisotopic (exact) mass is 283 g/mol. The van der Waals surface area contributed by atoms with Crippen molar-refractivity contribution in [2.45, 2.75) is 73.3 Å². The first-order valence-corrected chi connectivity index (χ1v) is 7.44. The summed E-state index contributed by atoms with van der Waals surface area (Å²) in [6, 6.07) is -0.536. The van der Waals surface area contributed by atoms with Crippen LogP contribution in [-0.4, -0.2) is 24.0 Å². The van der Waals surface area contributed by atoms with Crippen LogP contribution >= 0.6 is 0 Å². The normalized spacial score (nSPS) is 18.5. The van der Waals surface area contributed by atoms with Crippen LogP contribution in [0.5, 0.6) is 0 Å². The fourth-order valence-electron chi connectivity index (χ4n) is 2.63. The molecule has 4 heteroatoms. The van der Waals surface area contributed by atoms with E-state index < -0.39 is 16.9 Å². The molecule has 4 nitrogen and oxygen atoms in total. The number of carbonyl (C=O) groups excluding carboxylic acids is 3. The average molecular weight is 283 g/mol. The van der Waals surface area contributed by atoms with Gasteiger partial charge in [0.1, 0.15) is 6.29 Å². The first-order valence-electron chi connectivity index (χ1n) is 7.44. The Kier molecular flexibility index (Phi) is 7.11. The highest BCUT2D eigenvalue weighted by Gasteiger charge is 2.41. The highest BCUT2D eigenvalue weighted by Crippen LogP contribution is 2.40. The zero-order valence-electron chi connectivity index (χ0n) is 13.7. The van der Waals surface area contributed by atoms with Gasteiger partial charge in [0, 0.05) is 11.8 Å². The van der Waals surface area contributed by atoms with Crippen LogP contribution in [-0.2, 0) is 14.4 Å². The van der Waals surface area contributed by atoms with Gasteiger partial charge in [0.25, 0.3) is 0 Å². The highest BCUT2D eigenvalue weighted by atomic mass is 16.2. The molecule has 3 unspecified atom stereocenters. The lowest BCUT2D eigenvalue weighted by molar-refractivity contribution is -0.131. The number of hydrogen-bond acceptors (Lipinski definition) is 3. The van der Waals surface area contributed by atoms with Gasteiger partial charge < -0.3 is 10.1 Å². The molecule has 0 bridgehead atoms. The van der Waals surface area contributed by atoms with Crippen LogP contribution in [0.4, 0.5) is 0 Å². The van der Waals surface area contributed by atoms with Crippen LogP contribution in [0, 0.1) is 10.8 Å². The summed E-state index contributed by atoms with van der Waals surface area (Å²) < 4.78 is 0. The summed E-state index contributed by atoms with van der Waals surface area (Å²) in [6.45, 7) is 11.1. The molecule has 0 aliphatic carbocycles. The Morgan fingerprint density at radius 1 is 1.15 bits per heavy atom. The summed E-state index contributed by atoms with van der Waals surface area (Å²) in [5.41, 5.74) is -0.877. The van der Waals surface area contributed by atoms with Crippen molar-refractivity contribution < 1.29 is 14.4 Å². The van der Waals surface area contributed by atoms with E-state index in [2.05, 4.69) is 5.32 Å². The van der Waals surface area contributed by atoms with Gasteiger partial charge in [0.15, 0.2) is 5.78 Å². The number of rotatable bonds is 9. The zero-order valence-corrected chi connectivity index (χ0v) is 13.7. The van der Waals surface area contributed by atoms with Gasteiger partial charge in [-0.05, 0) is 31.6 Å². The second-order valence-corrected chi connectivity index (χ2v) is 6.27. The van der Waals surface area contributed by atoms with E-state index >= 15 is 0 Å². The van der Waals surface area contributed by atoms with Gasteiger partial charge in [-0.2, -0.15) is 0 Å². The minimum absolute atomic E-state index is 0.0551. The molecule has 20 heavy (non-hydrogen) atoms. The Balaban J connectivity index is 5.37. The lowest BCUT2D eigenvalue weighted by atomic mass is 9.66. The smallest absolute Gasteiger partial charge is 0.220 e. The molecule has 0 rings (SSSR count). The molecule has 0 saturated heterocycles. The maximum Gasteiger partial charge on any atom is 0.220 e. The number of hydrogen-bond donors (Lipinski definition) is 1. The number of Topliss-reactive ketones (excluding diaryl/α,β-unsaturated/α-hetero) is 1. The van der Waals surface area contributed by atoms with E-state index in [-0.39, 0.29) is 11.7 Å². The summed E-state index contributed by atoms with van der Waals surface area (Å²) in [7, 11) is 0. The third kappa shape index (κ3) is 4.73. The Morgan fingerprint density at radius 3 is 2.00 bits per heavy atom. The van der Waals surface area contributed by atoms with Crippen molar-refractivity contribution in [1.82, 2.24) is 5.32 Å². The lowest BCUT2D eigenvalue weighted by Crippen LogP contribution is -2.52. The average Bonchev–Trinajstić information content (AvgIpc) is 2.43. The topological polar surface area (TPSA) is 63.2 Å². The first kappa shape index (κ1) is 18.8. The van der Waals surface area contributed by atoms with Gasteiger partial charge in [-0.1, -0.05) is 34.6 Å². The maximum atomic E-state index is 12.0. The van der Waals surface area contributed by atoms with Crippen LogP contribution in [0.3, 0.4) is 0 Å². The van der Waals surface area contributed by atoms with Gasteiger partial charge in [-0.25, -0.2) is 0 Å². The summed E-state index contributed by atoms with van der Waals surface area (Å²) in [5.74, 6) is -0.185. The lowest BCUT2D eigenvalue weighted by Gasteiger charge is -2.41. The molecule has 0 aliphatic rings. The molecule has 116 valence electrons. The Labute approximate surface area is 122 Å². The van der Waals surface area contributed by atoms with E-state index in [4.69, 9.17) is 0 Å². The summed E-state index contributed by atoms with van der Waals surface area (Å²) >= 11 is 0. The molecule has 0 heterocycles. The molecule has 0 radical (unpaired) electrons. The summed E-state index contributed by atoms with van der Waals surface area (Å²) in [4.78, 5) is 35.0. The van der Waals surface area contributed by atoms with E-state index in [0.717, 1.165) is 19.1 Å². The molecular weight excluding hydrogens is 254 g/mol. The summed E-state index contributed by atoms with van der Waals surface area (Å²) in [5, 5.41) is 2.82. The number of amides is 1. The van der Waals surface area contributed by atoms with Gasteiger partial charge in [-0.15, -0.1) is 0 Å². The molecule has 0 spiro atoms. The predicted molar refractivity (Wildman–Crippen MR) is 80.4 cm³/mol. The molecule has 0 aliphatic heterocycles. The van der Waals surface area contributed by atoms with E-state index in [9.17, 15) is 14.4 Å². The molecule has 0 aromatic heterocycles. The third-order valence-electron chi connectivity index (χ3n) is 4.44. The Hall–Kier alpha value is -1.19. The van der Waals surface area contributed by atoms with Crippen LogP contribution < -0.4 is 5.32 Å². The second kappa shape index (κ2) is 7.55. The fourth-order valence-corrected chi connectivity index (χ4v) is 2.63. The van der Waals surface area contributed by atoms with Crippen molar-refractivity contribution in [3.63, 3.8) is 0 Å². The van der Waals surface area contributed by atoms with Gasteiger partial charge in [0.05, 0.1) is 6.04 Å². The quantitative estimate of drug-likeness (QED) is 0.662. The minimum atomic E-state index is -0.536. The largest absolute Gasteiger partial charge is 0.346 e. The van der Waals surface area contributed by atoms with Gasteiger partial charge in [0.2, 0.25) is 5.91 Å². The Bertz CT molecular complexity index is 367. The molecule has 0 aromatic carbocycles. The SMILES string of the molecule is CCC(=O)NC(C(C)=O)C(C)(CC)CC(C)(C=O)CC. The molecule has 0 saturated carbocycles. The minimum Gasteiger partial charge on any atom is -0.346 e. The summed E-state index contributed by atoms with van der Waals surface area (Å²) in [6.07, 6.45) is 3.36. The fraction of sp³-hybridized carbons (Fsp3) is 0.812. The van der Waals surface area contributed by atoms with Crippen molar-refractivity contribution in [1.29, 1.82) is 0 Å². The van der Waals surface area contributed by atoms with Gasteiger partial charge >= 0.3 is 0 Å². The number of carbonyl (C=O) groups is 3. The van der Waals surface area contributed by atoms with E-state index in [1.54, 1.807) is 6.92 Å². The maximum absolute atomic E-state index is 12.0. The third-order valence-corrected chi connectivity index (χ3v) is 4.44. The zero-order chi connectivity index (χ0) is 16.0. The number of nitrogens with one attached hydrogen (secondary N) is 1. The van der Waals surface area contributed by atoms with E-state index in [1.165, 1.54) is 6.92 Å². The van der Waals surface area contributed by atoms with Crippen molar-refractivity contribution >= 4 is 18.0 Å². The van der Waals surface area contributed by atoms with Crippen molar-refractivity contribution in [3.8, 4) is 0 Å². The number of aldehydes is 1. The second-order valence-electron chi connectivity index (χ2n) is 6.27. The predicted octanol–water partition coefficient (Wildman–Crippen LogP) is 2.89. The standard InChI is InChI=1S/C16H29NO3/c1-7-13(20)17-14(12(4)19)16(6,9-3)10-15(5,8-2)11-18/h11,14H,7-10H2,1-6H3,(H,17,20). The molecule has 1 amide bonds. The molecule has 1 N–H and O–H groups in total. The first-order chi connectivity index (χ1) is 9.17. The van der Waals surface area contributed by atoms with Crippen LogP contribution in [0.2, 0.25) is 0 Å². The van der Waals surface area contributed by atoms with Crippen molar-refractivity contribution in [2.75, 3.05) is 0 Å². The highest BCUT2D eigenvalue weighted by molar-refractivity contribution is 5.88. The molecule has 0 fully saturated rings. The molecule has 3 atom stereocenters. The van der Waals surface area contributed by atoms with E-state index in [1.807, 2.05) is 27.7 Å². The van der Waals surface area contributed by atoms with E-state index in [0.29, 0.717) is 12.8 Å². The molecular formula is C16H29NO3. The van der Waals surface area contributed by atoms with Crippen LogP contribution in [0.1, 0.15) is 67.2 Å². The molecule has 0 aromatic rings. The van der Waals surface area contributed by atoms with Crippen molar-refractivity contribution in [2.24, 2.45) is 10.8 Å². The number of ketones is 1. The van der Waals surface area contributed by atoms with Gasteiger partial charge in [-0.3, -0.25) is 9.59 Å².